The van der Waals surface area contributed by atoms with E-state index in [-0.39, 0.29) is 13.0 Å². The van der Waals surface area contributed by atoms with Gasteiger partial charge in [0.2, 0.25) is 0 Å². The zero-order valence-electron chi connectivity index (χ0n) is 39.2. The molecule has 62 heavy (non-hydrogen) atoms. The Morgan fingerprint density at radius 1 is 0.516 bits per heavy atom. The SMILES string of the molecule is CCCCC/C=C\C/C=C\CCCCCCCCCCCCOCC(COP(=O)(O)OC1C(O)C(O)C(O)C(O)C1O)OC(=O)CCCCCCCCCCCCCCCCC. The third-order valence-corrected chi connectivity index (χ3v) is 12.8. The minimum absolute atomic E-state index is 0.0745. The number of carbonyl (C=O) groups is 1. The molecule has 0 spiro atoms. The highest BCUT2D eigenvalue weighted by atomic mass is 31.2. The summed E-state index contributed by atoms with van der Waals surface area (Å²) in [6.45, 7) is 4.26. The van der Waals surface area contributed by atoms with E-state index in [1.165, 1.54) is 148 Å². The molecule has 13 heteroatoms. The Morgan fingerprint density at radius 3 is 1.39 bits per heavy atom. The topological polar surface area (TPSA) is 192 Å². The van der Waals surface area contributed by atoms with Crippen molar-refractivity contribution in [2.24, 2.45) is 0 Å². The number of aliphatic hydroxyl groups excluding tert-OH is 5. The van der Waals surface area contributed by atoms with Gasteiger partial charge in [0.1, 0.15) is 42.7 Å². The van der Waals surface area contributed by atoms with Crippen LogP contribution in [0.3, 0.4) is 0 Å². The minimum Gasteiger partial charge on any atom is -0.457 e. The fraction of sp³-hybridized carbons (Fsp3) is 0.898. The summed E-state index contributed by atoms with van der Waals surface area (Å²) in [6.07, 6.45) is 33.8. The molecule has 0 heterocycles. The van der Waals surface area contributed by atoms with Crippen molar-refractivity contribution in [3.05, 3.63) is 24.3 Å². The number of aliphatic hydroxyl groups is 5. The first-order valence-corrected chi connectivity index (χ1v) is 26.7. The van der Waals surface area contributed by atoms with Gasteiger partial charge in [0, 0.05) is 13.0 Å². The van der Waals surface area contributed by atoms with Crippen molar-refractivity contribution in [1.29, 1.82) is 0 Å². The number of hydrogen-bond donors (Lipinski definition) is 6. The summed E-state index contributed by atoms with van der Waals surface area (Å²) in [6, 6.07) is 0. The van der Waals surface area contributed by atoms with Gasteiger partial charge in [-0.25, -0.2) is 4.57 Å². The smallest absolute Gasteiger partial charge is 0.457 e. The molecule has 1 aliphatic rings. The highest BCUT2D eigenvalue weighted by Crippen LogP contribution is 2.47. The average Bonchev–Trinajstić information content (AvgIpc) is 3.26. The Kier molecular flexibility index (Phi) is 38.1. The van der Waals surface area contributed by atoms with E-state index in [1.807, 2.05) is 0 Å². The molecule has 6 atom stereocenters. The van der Waals surface area contributed by atoms with Crippen LogP contribution in [0.1, 0.15) is 219 Å². The quantitative estimate of drug-likeness (QED) is 0.0147. The molecule has 1 saturated carbocycles. The highest BCUT2D eigenvalue weighted by molar-refractivity contribution is 7.47. The first-order valence-electron chi connectivity index (χ1n) is 25.2. The number of phosphoric acid groups is 1. The number of unbranched alkanes of at least 4 members (excludes halogenated alkanes) is 27. The van der Waals surface area contributed by atoms with E-state index in [0.717, 1.165) is 44.9 Å². The molecule has 1 fully saturated rings. The van der Waals surface area contributed by atoms with Crippen molar-refractivity contribution < 1.29 is 58.3 Å². The zero-order valence-corrected chi connectivity index (χ0v) is 40.1. The second-order valence-electron chi connectivity index (χ2n) is 17.7. The minimum atomic E-state index is -5.02. The van der Waals surface area contributed by atoms with E-state index in [0.29, 0.717) is 13.0 Å². The van der Waals surface area contributed by atoms with Crippen LogP contribution in [0.4, 0.5) is 0 Å². The van der Waals surface area contributed by atoms with Gasteiger partial charge in [0.25, 0.3) is 0 Å². The molecule has 0 aromatic heterocycles. The van der Waals surface area contributed by atoms with E-state index in [9.17, 15) is 39.8 Å². The van der Waals surface area contributed by atoms with Gasteiger partial charge in [-0.1, -0.05) is 192 Å². The third-order valence-electron chi connectivity index (χ3n) is 11.8. The lowest BCUT2D eigenvalue weighted by Gasteiger charge is -2.41. The van der Waals surface area contributed by atoms with Crippen molar-refractivity contribution in [2.45, 2.75) is 262 Å². The molecule has 6 unspecified atom stereocenters. The summed E-state index contributed by atoms with van der Waals surface area (Å²) in [5, 5.41) is 50.3. The van der Waals surface area contributed by atoms with Crippen LogP contribution in [0.5, 0.6) is 0 Å². The van der Waals surface area contributed by atoms with Crippen molar-refractivity contribution in [3.8, 4) is 0 Å². The van der Waals surface area contributed by atoms with Gasteiger partial charge in [-0.05, 0) is 44.9 Å². The Labute approximate surface area is 377 Å². The van der Waals surface area contributed by atoms with E-state index in [2.05, 4.69) is 38.2 Å². The normalized spacial score (nSPS) is 22.1. The molecule has 366 valence electrons. The summed E-state index contributed by atoms with van der Waals surface area (Å²) in [4.78, 5) is 23.2. The van der Waals surface area contributed by atoms with Crippen molar-refractivity contribution >= 4 is 13.8 Å². The second kappa shape index (κ2) is 40.1. The van der Waals surface area contributed by atoms with Crippen LogP contribution in [0, 0.1) is 0 Å². The van der Waals surface area contributed by atoms with Crippen LogP contribution in [0.15, 0.2) is 24.3 Å². The number of allylic oxidation sites excluding steroid dienone is 4. The maximum absolute atomic E-state index is 12.8. The fourth-order valence-electron chi connectivity index (χ4n) is 7.80. The summed E-state index contributed by atoms with van der Waals surface area (Å²) in [5.74, 6) is -0.475. The molecule has 1 rings (SSSR count). The maximum atomic E-state index is 12.8. The van der Waals surface area contributed by atoms with Crippen LogP contribution >= 0.6 is 7.82 Å². The van der Waals surface area contributed by atoms with Crippen molar-refractivity contribution in [2.75, 3.05) is 19.8 Å². The third kappa shape index (κ3) is 31.7. The molecule has 0 aromatic carbocycles. The Balaban J connectivity index is 2.34. The van der Waals surface area contributed by atoms with Crippen molar-refractivity contribution in [3.63, 3.8) is 0 Å². The summed E-state index contributed by atoms with van der Waals surface area (Å²) < 4.78 is 34.3. The molecule has 0 aromatic rings. The van der Waals surface area contributed by atoms with Crippen LogP contribution in [0.2, 0.25) is 0 Å². The lowest BCUT2D eigenvalue weighted by molar-refractivity contribution is -0.220. The monoisotopic (exact) mass is 905 g/mol. The fourth-order valence-corrected chi connectivity index (χ4v) is 8.77. The van der Waals surface area contributed by atoms with Crippen LogP contribution in [-0.4, -0.2) is 98.9 Å². The number of carbonyl (C=O) groups excluding carboxylic acids is 1. The van der Waals surface area contributed by atoms with Crippen molar-refractivity contribution in [1.82, 2.24) is 0 Å². The van der Waals surface area contributed by atoms with Gasteiger partial charge in [-0.2, -0.15) is 0 Å². The first kappa shape index (κ1) is 58.8. The molecule has 6 N–H and O–H groups in total. The average molecular weight is 905 g/mol. The standard InChI is InChI=1S/C49H93O12P/c1-3-5-7-9-11-13-15-17-19-20-21-22-23-25-27-29-31-33-35-37-39-58-40-42(41-59-62(56,57)61-49-47(54)45(52)44(51)46(53)48(49)55)60-43(50)38-36-34-32-30-28-26-24-18-16-14-12-10-8-6-4-2/h11,13,17,19,42,44-49,51-55H,3-10,12,14-16,18,20-41H2,1-2H3,(H,56,57)/b13-11-,19-17-. The highest BCUT2D eigenvalue weighted by Gasteiger charge is 2.51. The molecule has 0 radical (unpaired) electrons. The Bertz CT molecular complexity index is 1120. The van der Waals surface area contributed by atoms with Gasteiger partial charge in [0.05, 0.1) is 13.2 Å². The number of esters is 1. The molecule has 0 bridgehead atoms. The molecule has 12 nitrogen and oxygen atoms in total. The van der Waals surface area contributed by atoms with E-state index >= 15 is 0 Å². The number of ether oxygens (including phenoxy) is 2. The van der Waals surface area contributed by atoms with E-state index in [4.69, 9.17) is 18.5 Å². The van der Waals surface area contributed by atoms with Gasteiger partial charge in [0.15, 0.2) is 0 Å². The van der Waals surface area contributed by atoms with Gasteiger partial charge < -0.3 is 39.9 Å². The van der Waals surface area contributed by atoms with Crippen LogP contribution in [-0.2, 0) is 27.9 Å². The van der Waals surface area contributed by atoms with Crippen LogP contribution < -0.4 is 0 Å². The summed E-state index contributed by atoms with van der Waals surface area (Å²) >= 11 is 0. The van der Waals surface area contributed by atoms with Crippen LogP contribution in [0.25, 0.3) is 0 Å². The lowest BCUT2D eigenvalue weighted by Crippen LogP contribution is -2.64. The summed E-state index contributed by atoms with van der Waals surface area (Å²) in [5.41, 5.74) is 0. The number of rotatable bonds is 43. The maximum Gasteiger partial charge on any atom is 0.472 e. The van der Waals surface area contributed by atoms with E-state index in [1.54, 1.807) is 0 Å². The molecular weight excluding hydrogens is 812 g/mol. The van der Waals surface area contributed by atoms with Gasteiger partial charge >= 0.3 is 13.8 Å². The Hall–Kier alpha value is -1.18. The van der Waals surface area contributed by atoms with Gasteiger partial charge in [-0.15, -0.1) is 0 Å². The zero-order chi connectivity index (χ0) is 45.5. The molecule has 1 aliphatic carbocycles. The lowest BCUT2D eigenvalue weighted by atomic mass is 9.85. The van der Waals surface area contributed by atoms with E-state index < -0.39 is 63.1 Å². The number of phosphoric ester groups is 1. The van der Waals surface area contributed by atoms with Gasteiger partial charge in [-0.3, -0.25) is 13.8 Å². The summed E-state index contributed by atoms with van der Waals surface area (Å²) in [7, 11) is -5.02. The largest absolute Gasteiger partial charge is 0.472 e. The number of hydrogen-bond acceptors (Lipinski definition) is 11. The predicted molar refractivity (Wildman–Crippen MR) is 249 cm³/mol. The molecule has 0 amide bonds. The Morgan fingerprint density at radius 2 is 0.903 bits per heavy atom. The second-order valence-corrected chi connectivity index (χ2v) is 19.1. The predicted octanol–water partition coefficient (Wildman–Crippen LogP) is 10.9. The molecule has 0 saturated heterocycles. The molecule has 0 aliphatic heterocycles. The first-order chi connectivity index (χ1) is 30.0. The molecular formula is C49H93O12P.